The number of hydrogen-bond acceptors (Lipinski definition) is 3. The van der Waals surface area contributed by atoms with Crippen molar-refractivity contribution in [2.45, 2.75) is 15.9 Å². The lowest BCUT2D eigenvalue weighted by Gasteiger charge is -2.10. The average molecular weight is 345 g/mol. The van der Waals surface area contributed by atoms with Gasteiger partial charge in [0.1, 0.15) is 0 Å². The Morgan fingerprint density at radius 2 is 1.30 bits per heavy atom. The van der Waals surface area contributed by atoms with Crippen LogP contribution in [0.2, 0.25) is 10.0 Å². The van der Waals surface area contributed by atoms with Gasteiger partial charge in [-0.15, -0.1) is 23.5 Å². The van der Waals surface area contributed by atoms with Gasteiger partial charge in [-0.3, -0.25) is 0 Å². The molecule has 2 aromatic rings. The summed E-state index contributed by atoms with van der Waals surface area (Å²) in [7, 11) is 0. The first-order valence-electron chi connectivity index (χ1n) is 6.08. The molecule has 0 spiro atoms. The second-order valence-electron chi connectivity index (χ2n) is 4.19. The Hall–Kier alpha value is -0.320. The number of rotatable bonds is 6. The van der Waals surface area contributed by atoms with Crippen molar-refractivity contribution in [3.05, 3.63) is 58.6 Å². The monoisotopic (exact) mass is 344 g/mol. The maximum Gasteiger partial charge on any atom is 0.0727 e. The molecule has 0 aliphatic rings. The fourth-order valence-electron chi connectivity index (χ4n) is 1.55. The zero-order valence-corrected chi connectivity index (χ0v) is 13.8. The van der Waals surface area contributed by atoms with Crippen LogP contribution < -0.4 is 0 Å². The summed E-state index contributed by atoms with van der Waals surface area (Å²) in [5.41, 5.74) is 0. The Balaban J connectivity index is 1.77. The van der Waals surface area contributed by atoms with Crippen LogP contribution in [0, 0.1) is 0 Å². The molecule has 0 aliphatic carbocycles. The maximum atomic E-state index is 10.0. The summed E-state index contributed by atoms with van der Waals surface area (Å²) in [5, 5.41) is 11.4. The predicted molar refractivity (Wildman–Crippen MR) is 90.4 cm³/mol. The van der Waals surface area contributed by atoms with Crippen LogP contribution in [0.25, 0.3) is 0 Å². The van der Waals surface area contributed by atoms with Crippen LogP contribution >= 0.6 is 46.7 Å². The molecule has 0 amide bonds. The highest BCUT2D eigenvalue weighted by Gasteiger charge is 2.07. The van der Waals surface area contributed by atoms with Crippen LogP contribution in [-0.2, 0) is 0 Å². The molecule has 0 bridgehead atoms. The van der Waals surface area contributed by atoms with Gasteiger partial charge in [0, 0.05) is 31.3 Å². The minimum absolute atomic E-state index is 0.372. The molecule has 2 rings (SSSR count). The third kappa shape index (κ3) is 5.58. The fourth-order valence-corrected chi connectivity index (χ4v) is 3.98. The summed E-state index contributed by atoms with van der Waals surface area (Å²) in [4.78, 5) is 2.15. The minimum atomic E-state index is -0.372. The van der Waals surface area contributed by atoms with Crippen LogP contribution in [0.3, 0.4) is 0 Å². The molecule has 5 heteroatoms. The van der Waals surface area contributed by atoms with Crippen molar-refractivity contribution in [2.24, 2.45) is 0 Å². The third-order valence-electron chi connectivity index (χ3n) is 2.48. The second kappa shape index (κ2) is 8.20. The van der Waals surface area contributed by atoms with Crippen molar-refractivity contribution in [3.63, 3.8) is 0 Å². The van der Waals surface area contributed by atoms with Crippen LogP contribution in [0.5, 0.6) is 0 Å². The largest absolute Gasteiger partial charge is 0.391 e. The Kier molecular flexibility index (Phi) is 6.59. The first kappa shape index (κ1) is 16.1. The van der Waals surface area contributed by atoms with Crippen molar-refractivity contribution in [1.29, 1.82) is 0 Å². The van der Waals surface area contributed by atoms with E-state index < -0.39 is 0 Å². The number of aliphatic hydroxyl groups excluding tert-OH is 1. The second-order valence-corrected chi connectivity index (χ2v) is 7.25. The van der Waals surface area contributed by atoms with E-state index in [4.69, 9.17) is 23.2 Å². The summed E-state index contributed by atoms with van der Waals surface area (Å²) >= 11 is 15.1. The number of hydrogen-bond donors (Lipinski definition) is 1. The lowest BCUT2D eigenvalue weighted by atomic mass is 10.4. The van der Waals surface area contributed by atoms with Crippen LogP contribution in [0.1, 0.15) is 0 Å². The van der Waals surface area contributed by atoms with Crippen molar-refractivity contribution in [3.8, 4) is 0 Å². The highest BCUT2D eigenvalue weighted by atomic mass is 35.5. The van der Waals surface area contributed by atoms with E-state index in [1.54, 1.807) is 23.5 Å². The molecule has 1 nitrogen and oxygen atoms in total. The zero-order chi connectivity index (χ0) is 14.4. The predicted octanol–water partition coefficient (Wildman–Crippen LogP) is 5.24. The highest BCUT2D eigenvalue weighted by molar-refractivity contribution is 8.00. The molecular weight excluding hydrogens is 331 g/mol. The van der Waals surface area contributed by atoms with Crippen LogP contribution in [-0.4, -0.2) is 22.7 Å². The number of thioether (sulfide) groups is 2. The molecule has 0 heterocycles. The van der Waals surface area contributed by atoms with E-state index in [1.807, 2.05) is 48.5 Å². The van der Waals surface area contributed by atoms with Gasteiger partial charge in [0.25, 0.3) is 0 Å². The zero-order valence-electron chi connectivity index (χ0n) is 10.6. The first-order chi connectivity index (χ1) is 9.63. The van der Waals surface area contributed by atoms with Gasteiger partial charge in [0.15, 0.2) is 0 Å². The lowest BCUT2D eigenvalue weighted by Crippen LogP contribution is -2.12. The van der Waals surface area contributed by atoms with E-state index in [-0.39, 0.29) is 6.10 Å². The minimum Gasteiger partial charge on any atom is -0.391 e. The molecule has 0 saturated carbocycles. The number of aliphatic hydroxyl groups is 1. The highest BCUT2D eigenvalue weighted by Crippen LogP contribution is 2.25. The molecule has 0 aliphatic heterocycles. The molecule has 106 valence electrons. The standard InChI is InChI=1S/C15H14Cl2OS2/c16-11-3-1-5-14(7-11)19-9-13(18)10-20-15-6-2-4-12(17)8-15/h1-8,13,18H,9-10H2. The van der Waals surface area contributed by atoms with Gasteiger partial charge in [0.2, 0.25) is 0 Å². The van der Waals surface area contributed by atoms with Crippen molar-refractivity contribution in [2.75, 3.05) is 11.5 Å². The van der Waals surface area contributed by atoms with Crippen LogP contribution in [0.4, 0.5) is 0 Å². The lowest BCUT2D eigenvalue weighted by molar-refractivity contribution is 0.225. The van der Waals surface area contributed by atoms with Gasteiger partial charge in [-0.05, 0) is 36.4 Å². The quantitative estimate of drug-likeness (QED) is 0.723. The molecule has 0 saturated heterocycles. The van der Waals surface area contributed by atoms with Crippen molar-refractivity contribution < 1.29 is 5.11 Å². The molecule has 0 aromatic heterocycles. The normalized spacial score (nSPS) is 11.0. The van der Waals surface area contributed by atoms with Crippen molar-refractivity contribution in [1.82, 2.24) is 0 Å². The smallest absolute Gasteiger partial charge is 0.0727 e. The summed E-state index contributed by atoms with van der Waals surface area (Å²) in [6.45, 7) is 0. The maximum absolute atomic E-state index is 10.0. The third-order valence-corrected chi connectivity index (χ3v) is 5.22. The van der Waals surface area contributed by atoms with Gasteiger partial charge in [-0.1, -0.05) is 35.3 Å². The summed E-state index contributed by atoms with van der Waals surface area (Å²) in [6.07, 6.45) is -0.372. The molecule has 0 unspecified atom stereocenters. The molecule has 2 aromatic carbocycles. The Morgan fingerprint density at radius 3 is 1.70 bits per heavy atom. The SMILES string of the molecule is OC(CSc1cccc(Cl)c1)CSc1cccc(Cl)c1. The molecular formula is C15H14Cl2OS2. The van der Waals surface area contributed by atoms with Gasteiger partial charge in [-0.2, -0.15) is 0 Å². The molecule has 20 heavy (non-hydrogen) atoms. The molecule has 1 N–H and O–H groups in total. The van der Waals surface area contributed by atoms with E-state index in [0.717, 1.165) is 19.8 Å². The van der Waals surface area contributed by atoms with Gasteiger partial charge < -0.3 is 5.11 Å². The van der Waals surface area contributed by atoms with E-state index in [1.165, 1.54) is 0 Å². The average Bonchev–Trinajstić information content (AvgIpc) is 2.43. The van der Waals surface area contributed by atoms with E-state index in [0.29, 0.717) is 11.5 Å². The van der Waals surface area contributed by atoms with Gasteiger partial charge in [-0.25, -0.2) is 0 Å². The molecule has 0 radical (unpaired) electrons. The van der Waals surface area contributed by atoms with Crippen LogP contribution in [0.15, 0.2) is 58.3 Å². The summed E-state index contributed by atoms with van der Waals surface area (Å²) in [5.74, 6) is 1.29. The van der Waals surface area contributed by atoms with Gasteiger partial charge in [0.05, 0.1) is 6.10 Å². The molecule has 0 fully saturated rings. The number of halogens is 2. The fraction of sp³-hybridized carbons (Fsp3) is 0.200. The van der Waals surface area contributed by atoms with E-state index in [2.05, 4.69) is 0 Å². The van der Waals surface area contributed by atoms with Crippen molar-refractivity contribution >= 4 is 46.7 Å². The summed E-state index contributed by atoms with van der Waals surface area (Å²) in [6, 6.07) is 15.3. The van der Waals surface area contributed by atoms with E-state index in [9.17, 15) is 5.11 Å². The summed E-state index contributed by atoms with van der Waals surface area (Å²) < 4.78 is 0. The Labute approximate surface area is 137 Å². The topological polar surface area (TPSA) is 20.2 Å². The number of benzene rings is 2. The Bertz CT molecular complexity index is 514. The molecule has 0 atom stereocenters. The first-order valence-corrected chi connectivity index (χ1v) is 8.81. The van der Waals surface area contributed by atoms with E-state index >= 15 is 0 Å². The Morgan fingerprint density at radius 1 is 0.850 bits per heavy atom. The van der Waals surface area contributed by atoms with Gasteiger partial charge >= 0.3 is 0 Å².